The predicted molar refractivity (Wildman–Crippen MR) is 56.7 cm³/mol. The molecule has 94 valence electrons. The molecule has 1 rings (SSSR count). The summed E-state index contributed by atoms with van der Waals surface area (Å²) in [5, 5.41) is 19.5. The second-order valence-electron chi connectivity index (χ2n) is 5.18. The van der Waals surface area contributed by atoms with E-state index < -0.39 is 36.1 Å². The molecule has 0 bridgehead atoms. The van der Waals surface area contributed by atoms with E-state index in [0.29, 0.717) is 6.29 Å². The molecule has 5 heteroatoms. The molecule has 1 aliphatic heterocycles. The molecule has 1 aliphatic rings. The van der Waals surface area contributed by atoms with Crippen LogP contribution in [0.2, 0.25) is 0 Å². The van der Waals surface area contributed by atoms with Crippen LogP contribution in [0.25, 0.3) is 0 Å². The Morgan fingerprint density at radius 3 is 2.25 bits per heavy atom. The van der Waals surface area contributed by atoms with Gasteiger partial charge in [0.15, 0.2) is 6.29 Å². The summed E-state index contributed by atoms with van der Waals surface area (Å²) in [6.45, 7) is 7.08. The minimum atomic E-state index is -1.13. The minimum absolute atomic E-state index is 0.438. The Kier molecular flexibility index (Phi) is 4.07. The lowest BCUT2D eigenvalue weighted by atomic mass is 9.91. The average Bonchev–Trinajstić information content (AvgIpc) is 2.17. The van der Waals surface area contributed by atoms with Crippen molar-refractivity contribution in [3.8, 4) is 0 Å². The van der Waals surface area contributed by atoms with Gasteiger partial charge in [-0.05, 0) is 20.8 Å². The second kappa shape index (κ2) is 4.79. The maximum atomic E-state index is 10.8. The van der Waals surface area contributed by atoms with Gasteiger partial charge in [-0.1, -0.05) is 6.92 Å². The van der Waals surface area contributed by atoms with Gasteiger partial charge in [-0.15, -0.1) is 0 Å². The van der Waals surface area contributed by atoms with Crippen molar-refractivity contribution in [2.45, 2.75) is 57.9 Å². The standard InChI is InChI=1S/C11H20O5/c1-6-7(5-12)15-10(9(14)8(6)13)16-11(2,3)4/h5-10,13-14H,1-4H3/t6-,7?,8?,9?,10+/m1/s1. The summed E-state index contributed by atoms with van der Waals surface area (Å²) in [6, 6.07) is 0. The Bertz CT molecular complexity index is 247. The minimum Gasteiger partial charge on any atom is -0.390 e. The van der Waals surface area contributed by atoms with Crippen molar-refractivity contribution >= 4 is 6.29 Å². The van der Waals surface area contributed by atoms with Crippen molar-refractivity contribution in [3.63, 3.8) is 0 Å². The Labute approximate surface area is 95.4 Å². The van der Waals surface area contributed by atoms with E-state index >= 15 is 0 Å². The lowest BCUT2D eigenvalue weighted by molar-refractivity contribution is -0.299. The van der Waals surface area contributed by atoms with E-state index in [0.717, 1.165) is 0 Å². The zero-order valence-corrected chi connectivity index (χ0v) is 10.1. The number of ether oxygens (including phenoxy) is 2. The summed E-state index contributed by atoms with van der Waals surface area (Å²) in [5.41, 5.74) is -0.515. The number of rotatable bonds is 2. The van der Waals surface area contributed by atoms with Gasteiger partial charge in [0.05, 0.1) is 11.7 Å². The van der Waals surface area contributed by atoms with Crippen LogP contribution in [0, 0.1) is 5.92 Å². The van der Waals surface area contributed by atoms with Gasteiger partial charge >= 0.3 is 0 Å². The van der Waals surface area contributed by atoms with Crippen molar-refractivity contribution in [1.29, 1.82) is 0 Å². The van der Waals surface area contributed by atoms with Gasteiger partial charge in [0.2, 0.25) is 0 Å². The normalized spacial score (nSPS) is 40.8. The molecular formula is C11H20O5. The fraction of sp³-hybridized carbons (Fsp3) is 0.909. The molecule has 0 radical (unpaired) electrons. The monoisotopic (exact) mass is 232 g/mol. The molecule has 0 spiro atoms. The summed E-state index contributed by atoms with van der Waals surface area (Å²) in [5.74, 6) is -0.438. The number of hydrogen-bond donors (Lipinski definition) is 2. The molecule has 0 aromatic heterocycles. The van der Waals surface area contributed by atoms with E-state index in [1.807, 2.05) is 20.8 Å². The predicted octanol–water partition coefficient (Wildman–Crippen LogP) is 0.0832. The molecule has 3 unspecified atom stereocenters. The maximum absolute atomic E-state index is 10.8. The Morgan fingerprint density at radius 1 is 1.25 bits per heavy atom. The molecule has 0 aromatic rings. The number of aldehydes is 1. The van der Waals surface area contributed by atoms with Gasteiger partial charge in [0.1, 0.15) is 18.5 Å². The van der Waals surface area contributed by atoms with Crippen molar-refractivity contribution in [1.82, 2.24) is 0 Å². The van der Waals surface area contributed by atoms with Crippen LogP contribution in [0.4, 0.5) is 0 Å². The highest BCUT2D eigenvalue weighted by Gasteiger charge is 2.43. The maximum Gasteiger partial charge on any atom is 0.187 e. The molecule has 0 saturated carbocycles. The average molecular weight is 232 g/mol. The van der Waals surface area contributed by atoms with E-state index in [9.17, 15) is 15.0 Å². The molecule has 1 saturated heterocycles. The smallest absolute Gasteiger partial charge is 0.187 e. The quantitative estimate of drug-likeness (QED) is 0.660. The highest BCUT2D eigenvalue weighted by Crippen LogP contribution is 2.28. The summed E-state index contributed by atoms with van der Waals surface area (Å²) >= 11 is 0. The number of aliphatic hydroxyl groups excluding tert-OH is 2. The van der Waals surface area contributed by atoms with Crippen LogP contribution in [0.5, 0.6) is 0 Å². The van der Waals surface area contributed by atoms with Crippen LogP contribution in [0.15, 0.2) is 0 Å². The third-order valence-electron chi connectivity index (χ3n) is 2.58. The molecule has 1 heterocycles. The van der Waals surface area contributed by atoms with E-state index in [-0.39, 0.29) is 0 Å². The highest BCUT2D eigenvalue weighted by atomic mass is 16.7. The molecular weight excluding hydrogens is 212 g/mol. The SMILES string of the molecule is C[C@@H]1C(C=O)O[C@@H](OC(C)(C)C)C(O)C1O. The molecule has 1 fully saturated rings. The first kappa shape index (κ1) is 13.6. The van der Waals surface area contributed by atoms with E-state index in [1.54, 1.807) is 6.92 Å². The molecule has 5 nitrogen and oxygen atoms in total. The van der Waals surface area contributed by atoms with Crippen molar-refractivity contribution in [2.75, 3.05) is 0 Å². The van der Waals surface area contributed by atoms with Crippen LogP contribution in [0.1, 0.15) is 27.7 Å². The third-order valence-corrected chi connectivity index (χ3v) is 2.58. The fourth-order valence-corrected chi connectivity index (χ4v) is 1.63. The number of carbonyl (C=O) groups is 1. The molecule has 2 N–H and O–H groups in total. The second-order valence-corrected chi connectivity index (χ2v) is 5.18. The van der Waals surface area contributed by atoms with Gasteiger partial charge in [-0.25, -0.2) is 0 Å². The van der Waals surface area contributed by atoms with Gasteiger partial charge in [0, 0.05) is 5.92 Å². The van der Waals surface area contributed by atoms with E-state index in [2.05, 4.69) is 0 Å². The first-order chi connectivity index (χ1) is 7.26. The number of carbonyl (C=O) groups excluding carboxylic acids is 1. The summed E-state index contributed by atoms with van der Waals surface area (Å²) < 4.78 is 10.8. The van der Waals surface area contributed by atoms with Crippen molar-refractivity contribution in [2.24, 2.45) is 5.92 Å². The Morgan fingerprint density at radius 2 is 1.81 bits per heavy atom. The lowest BCUT2D eigenvalue weighted by Gasteiger charge is -2.41. The van der Waals surface area contributed by atoms with Gasteiger partial charge in [-0.2, -0.15) is 0 Å². The Hall–Kier alpha value is -0.490. The molecule has 0 aromatic carbocycles. The topological polar surface area (TPSA) is 76.0 Å². The summed E-state index contributed by atoms with van der Waals surface area (Å²) in [6.07, 6.45) is -3.24. The van der Waals surface area contributed by atoms with Gasteiger partial charge in [0.25, 0.3) is 0 Å². The van der Waals surface area contributed by atoms with Crippen molar-refractivity contribution < 1.29 is 24.5 Å². The zero-order chi connectivity index (χ0) is 12.5. The van der Waals surface area contributed by atoms with Gasteiger partial charge < -0.3 is 24.5 Å². The fourth-order valence-electron chi connectivity index (χ4n) is 1.63. The van der Waals surface area contributed by atoms with Crippen LogP contribution >= 0.6 is 0 Å². The summed E-state index contributed by atoms with van der Waals surface area (Å²) in [7, 11) is 0. The van der Waals surface area contributed by atoms with Crippen LogP contribution < -0.4 is 0 Å². The first-order valence-corrected chi connectivity index (χ1v) is 5.41. The van der Waals surface area contributed by atoms with Crippen molar-refractivity contribution in [3.05, 3.63) is 0 Å². The molecule has 0 amide bonds. The summed E-state index contributed by atoms with van der Waals surface area (Å²) in [4.78, 5) is 10.8. The molecule has 0 aliphatic carbocycles. The molecule has 16 heavy (non-hydrogen) atoms. The van der Waals surface area contributed by atoms with Crippen LogP contribution in [-0.4, -0.2) is 46.7 Å². The van der Waals surface area contributed by atoms with E-state index in [4.69, 9.17) is 9.47 Å². The zero-order valence-electron chi connectivity index (χ0n) is 10.1. The number of hydrogen-bond acceptors (Lipinski definition) is 5. The molecule has 5 atom stereocenters. The highest BCUT2D eigenvalue weighted by molar-refractivity contribution is 5.57. The first-order valence-electron chi connectivity index (χ1n) is 5.41. The number of aliphatic hydroxyl groups is 2. The Balaban J connectivity index is 2.75. The largest absolute Gasteiger partial charge is 0.390 e. The lowest BCUT2D eigenvalue weighted by Crippen LogP contribution is -2.56. The van der Waals surface area contributed by atoms with Crippen LogP contribution in [0.3, 0.4) is 0 Å². The van der Waals surface area contributed by atoms with Gasteiger partial charge in [-0.3, -0.25) is 0 Å². The third kappa shape index (κ3) is 3.01. The van der Waals surface area contributed by atoms with Crippen LogP contribution in [-0.2, 0) is 14.3 Å². The van der Waals surface area contributed by atoms with E-state index in [1.165, 1.54) is 0 Å².